The standard InChI is InChI=1S/C30H22O2S4/c1-3-5-17-18(6-4-2)30-26(24-20-8-10-34-28(20)16(14-32)12-22(24)36-30)25-23-19-7-9-33-27(19)15(13-31)11-21(23)35-29(17)25/h7-14H,3-6H2,1-2H3. The molecule has 0 fully saturated rings. The normalized spacial score (nSPS) is 12.3. The summed E-state index contributed by atoms with van der Waals surface area (Å²) in [6.07, 6.45) is 6.28. The van der Waals surface area contributed by atoms with E-state index in [1.807, 2.05) is 22.7 Å². The van der Waals surface area contributed by atoms with Crippen LogP contribution in [0.4, 0.5) is 0 Å². The molecule has 0 spiro atoms. The minimum atomic E-state index is 0.784. The van der Waals surface area contributed by atoms with Gasteiger partial charge in [-0.3, -0.25) is 9.59 Å². The second-order valence-electron chi connectivity index (χ2n) is 9.31. The van der Waals surface area contributed by atoms with Gasteiger partial charge in [0.2, 0.25) is 0 Å². The molecule has 0 atom stereocenters. The SMILES string of the molecule is CCCc1c(CCC)c2sc3cc(C=O)c4sccc4c3c2c2c1sc1cc(C=O)c3sccc3c12. The molecule has 3 aromatic carbocycles. The minimum Gasteiger partial charge on any atom is -0.298 e. The van der Waals surface area contributed by atoms with Crippen molar-refractivity contribution in [3.8, 4) is 0 Å². The van der Waals surface area contributed by atoms with Gasteiger partial charge in [0, 0.05) is 71.6 Å². The summed E-state index contributed by atoms with van der Waals surface area (Å²) in [5, 5.41) is 11.8. The predicted octanol–water partition coefficient (Wildman–Crippen LogP) is 10.4. The Hall–Kier alpha value is -2.64. The first kappa shape index (κ1) is 22.5. The molecule has 7 aromatic rings. The molecule has 0 radical (unpaired) electrons. The molecule has 0 N–H and O–H groups in total. The molecular weight excluding hydrogens is 521 g/mol. The number of benzene rings is 3. The van der Waals surface area contributed by atoms with E-state index in [1.54, 1.807) is 22.7 Å². The summed E-state index contributed by atoms with van der Waals surface area (Å²) in [6.45, 7) is 4.52. The van der Waals surface area contributed by atoms with E-state index in [1.165, 1.54) is 62.2 Å². The Balaban J connectivity index is 1.84. The molecule has 178 valence electrons. The van der Waals surface area contributed by atoms with Gasteiger partial charge in [0.05, 0.1) is 0 Å². The molecule has 0 bridgehead atoms. The van der Waals surface area contributed by atoms with E-state index in [9.17, 15) is 9.59 Å². The summed E-state index contributed by atoms with van der Waals surface area (Å²) in [4.78, 5) is 24.0. The van der Waals surface area contributed by atoms with Crippen LogP contribution in [0, 0.1) is 0 Å². The second-order valence-corrected chi connectivity index (χ2v) is 13.2. The minimum absolute atomic E-state index is 0.784. The van der Waals surface area contributed by atoms with Gasteiger partial charge >= 0.3 is 0 Å². The van der Waals surface area contributed by atoms with Crippen molar-refractivity contribution in [3.05, 3.63) is 57.3 Å². The summed E-state index contributed by atoms with van der Waals surface area (Å²) in [7, 11) is 0. The molecule has 4 heterocycles. The largest absolute Gasteiger partial charge is 0.298 e. The molecule has 0 amide bonds. The number of hydrogen-bond donors (Lipinski definition) is 0. The highest BCUT2D eigenvalue weighted by Crippen LogP contribution is 2.52. The second kappa shape index (κ2) is 8.45. The Kier molecular flexibility index (Phi) is 5.29. The van der Waals surface area contributed by atoms with Crippen LogP contribution in [0.25, 0.3) is 60.5 Å². The average molecular weight is 543 g/mol. The number of carbonyl (C=O) groups is 2. The van der Waals surface area contributed by atoms with Gasteiger partial charge in [-0.1, -0.05) is 26.7 Å². The molecule has 0 aliphatic rings. The molecule has 36 heavy (non-hydrogen) atoms. The van der Waals surface area contributed by atoms with E-state index < -0.39 is 0 Å². The molecule has 0 aliphatic carbocycles. The molecule has 0 aliphatic heterocycles. The van der Waals surface area contributed by atoms with Gasteiger partial charge in [-0.05, 0) is 59.0 Å². The van der Waals surface area contributed by atoms with Crippen molar-refractivity contribution in [2.75, 3.05) is 0 Å². The van der Waals surface area contributed by atoms with Gasteiger partial charge in [-0.15, -0.1) is 45.3 Å². The van der Waals surface area contributed by atoms with E-state index >= 15 is 0 Å². The first-order valence-corrected chi connectivity index (χ1v) is 15.7. The van der Waals surface area contributed by atoms with E-state index in [4.69, 9.17) is 0 Å². The van der Waals surface area contributed by atoms with E-state index in [2.05, 4.69) is 48.9 Å². The van der Waals surface area contributed by atoms with Crippen LogP contribution < -0.4 is 0 Å². The lowest BCUT2D eigenvalue weighted by molar-refractivity contribution is 0.111. The van der Waals surface area contributed by atoms with Gasteiger partial charge in [-0.2, -0.15) is 0 Å². The van der Waals surface area contributed by atoms with Gasteiger partial charge in [0.25, 0.3) is 0 Å². The van der Waals surface area contributed by atoms with E-state index in [0.29, 0.717) is 0 Å². The Morgan fingerprint density at radius 2 is 1.08 bits per heavy atom. The third kappa shape index (κ3) is 2.93. The predicted molar refractivity (Wildman–Crippen MR) is 162 cm³/mol. The number of thiophene rings is 4. The fraction of sp³-hybridized carbons (Fsp3) is 0.200. The van der Waals surface area contributed by atoms with Gasteiger partial charge in [0.1, 0.15) is 0 Å². The van der Waals surface area contributed by atoms with Crippen molar-refractivity contribution in [1.29, 1.82) is 0 Å². The smallest absolute Gasteiger partial charge is 0.151 e. The van der Waals surface area contributed by atoms with Crippen molar-refractivity contribution in [2.45, 2.75) is 39.5 Å². The average Bonchev–Trinajstić information content (AvgIpc) is 3.67. The molecular formula is C30H22O2S4. The Labute approximate surface area is 223 Å². The van der Waals surface area contributed by atoms with Crippen LogP contribution in [-0.4, -0.2) is 12.6 Å². The van der Waals surface area contributed by atoms with Crippen LogP contribution >= 0.6 is 45.3 Å². The van der Waals surface area contributed by atoms with Crippen LogP contribution in [0.2, 0.25) is 0 Å². The first-order valence-electron chi connectivity index (χ1n) is 12.3. The van der Waals surface area contributed by atoms with Crippen LogP contribution in [0.15, 0.2) is 35.0 Å². The third-order valence-corrected chi connectivity index (χ3v) is 11.6. The Morgan fingerprint density at radius 1 is 0.639 bits per heavy atom. The number of aryl methyl sites for hydroxylation is 2. The highest BCUT2D eigenvalue weighted by molar-refractivity contribution is 7.29. The topological polar surface area (TPSA) is 34.1 Å². The van der Waals surface area contributed by atoms with Gasteiger partial charge < -0.3 is 0 Å². The lowest BCUT2D eigenvalue weighted by Crippen LogP contribution is -1.95. The van der Waals surface area contributed by atoms with Crippen molar-refractivity contribution in [2.24, 2.45) is 0 Å². The van der Waals surface area contributed by atoms with Crippen molar-refractivity contribution in [1.82, 2.24) is 0 Å². The summed E-state index contributed by atoms with van der Waals surface area (Å²) in [5.74, 6) is 0. The van der Waals surface area contributed by atoms with Crippen LogP contribution in [0.5, 0.6) is 0 Å². The van der Waals surface area contributed by atoms with Crippen molar-refractivity contribution < 1.29 is 9.59 Å². The highest BCUT2D eigenvalue weighted by Gasteiger charge is 2.25. The van der Waals surface area contributed by atoms with Crippen molar-refractivity contribution in [3.63, 3.8) is 0 Å². The Bertz CT molecular complexity index is 1870. The zero-order valence-electron chi connectivity index (χ0n) is 19.9. The van der Waals surface area contributed by atoms with Crippen LogP contribution in [0.3, 0.4) is 0 Å². The monoisotopic (exact) mass is 542 g/mol. The number of rotatable bonds is 6. The summed E-state index contributed by atoms with van der Waals surface area (Å²) in [6, 6.07) is 8.58. The first-order chi connectivity index (χ1) is 17.7. The molecule has 6 heteroatoms. The van der Waals surface area contributed by atoms with Gasteiger partial charge in [-0.25, -0.2) is 0 Å². The van der Waals surface area contributed by atoms with E-state index in [0.717, 1.165) is 58.8 Å². The van der Waals surface area contributed by atoms with E-state index in [-0.39, 0.29) is 0 Å². The number of hydrogen-bond acceptors (Lipinski definition) is 6. The Morgan fingerprint density at radius 3 is 1.47 bits per heavy atom. The third-order valence-electron chi connectivity index (χ3n) is 7.25. The van der Waals surface area contributed by atoms with Crippen LogP contribution in [-0.2, 0) is 12.8 Å². The van der Waals surface area contributed by atoms with Crippen molar-refractivity contribution >= 4 is 118 Å². The summed E-state index contributed by atoms with van der Waals surface area (Å²) < 4.78 is 7.28. The molecule has 4 aromatic heterocycles. The molecule has 0 unspecified atom stereocenters. The van der Waals surface area contributed by atoms with Gasteiger partial charge in [0.15, 0.2) is 12.6 Å². The van der Waals surface area contributed by atoms with Crippen LogP contribution in [0.1, 0.15) is 58.5 Å². The maximum atomic E-state index is 12.0. The number of fused-ring (bicyclic) bond motifs is 11. The lowest BCUT2D eigenvalue weighted by Gasteiger charge is -2.13. The molecule has 7 rings (SSSR count). The lowest BCUT2D eigenvalue weighted by atomic mass is 9.92. The highest BCUT2D eigenvalue weighted by atomic mass is 32.1. The fourth-order valence-corrected chi connectivity index (χ4v) is 10.4. The quantitative estimate of drug-likeness (QED) is 0.196. The fourth-order valence-electron chi connectivity index (χ4n) is 5.89. The molecule has 0 saturated heterocycles. The molecule has 2 nitrogen and oxygen atoms in total. The number of aldehydes is 2. The maximum Gasteiger partial charge on any atom is 0.151 e. The molecule has 0 saturated carbocycles. The number of carbonyl (C=O) groups excluding carboxylic acids is 2. The summed E-state index contributed by atoms with van der Waals surface area (Å²) >= 11 is 7.01. The zero-order chi connectivity index (χ0) is 24.6. The maximum absolute atomic E-state index is 12.0. The zero-order valence-corrected chi connectivity index (χ0v) is 23.2. The summed E-state index contributed by atoms with van der Waals surface area (Å²) in [5.41, 5.74) is 4.52.